The topological polar surface area (TPSA) is 69.6 Å². The number of hydrogen-bond acceptors (Lipinski definition) is 2. The zero-order valence-electron chi connectivity index (χ0n) is 9.62. The molecule has 0 aliphatic carbocycles. The molecule has 15 heavy (non-hydrogen) atoms. The fourth-order valence-electron chi connectivity index (χ4n) is 1.03. The molecule has 5 heteroatoms. The third-order valence-corrected chi connectivity index (χ3v) is 2.42. The van der Waals surface area contributed by atoms with E-state index >= 15 is 0 Å². The van der Waals surface area contributed by atoms with E-state index in [1.807, 2.05) is 13.8 Å². The largest absolute Gasteiger partial charge is 0.481 e. The molecule has 0 aromatic heterocycles. The number of nitrogens with one attached hydrogen (secondary N) is 1. The molecule has 2 amide bonds. The van der Waals surface area contributed by atoms with Crippen molar-refractivity contribution in [3.05, 3.63) is 0 Å². The van der Waals surface area contributed by atoms with Crippen LogP contribution in [0.5, 0.6) is 0 Å². The minimum absolute atomic E-state index is 0.0906. The maximum absolute atomic E-state index is 11.5. The van der Waals surface area contributed by atoms with Crippen LogP contribution in [0.2, 0.25) is 0 Å². The van der Waals surface area contributed by atoms with E-state index in [1.165, 1.54) is 0 Å². The Hall–Kier alpha value is -1.26. The summed E-state index contributed by atoms with van der Waals surface area (Å²) in [5.41, 5.74) is 0. The van der Waals surface area contributed by atoms with Gasteiger partial charge in [-0.25, -0.2) is 4.79 Å². The zero-order chi connectivity index (χ0) is 11.8. The Morgan fingerprint density at radius 1 is 1.47 bits per heavy atom. The molecule has 0 aliphatic rings. The monoisotopic (exact) mass is 216 g/mol. The predicted molar refractivity (Wildman–Crippen MR) is 57.8 cm³/mol. The zero-order valence-corrected chi connectivity index (χ0v) is 9.62. The molecule has 0 aliphatic heterocycles. The lowest BCUT2D eigenvalue weighted by Gasteiger charge is -2.23. The molecule has 88 valence electrons. The van der Waals surface area contributed by atoms with E-state index in [4.69, 9.17) is 5.11 Å². The van der Waals surface area contributed by atoms with Gasteiger partial charge in [-0.05, 0) is 19.8 Å². The Morgan fingerprint density at radius 3 is 2.53 bits per heavy atom. The molecule has 0 aromatic rings. The highest BCUT2D eigenvalue weighted by Crippen LogP contribution is 1.99. The summed E-state index contributed by atoms with van der Waals surface area (Å²) in [4.78, 5) is 23.3. The Morgan fingerprint density at radius 2 is 2.07 bits per heavy atom. The highest BCUT2D eigenvalue weighted by molar-refractivity contribution is 5.74. The Labute approximate surface area is 90.5 Å². The number of carbonyl (C=O) groups excluding carboxylic acids is 1. The van der Waals surface area contributed by atoms with Crippen molar-refractivity contribution in [2.75, 3.05) is 13.6 Å². The number of nitrogens with zero attached hydrogens (tertiary/aromatic N) is 1. The van der Waals surface area contributed by atoms with E-state index < -0.39 is 5.97 Å². The van der Waals surface area contributed by atoms with Gasteiger partial charge in [0.15, 0.2) is 0 Å². The number of amides is 2. The molecule has 0 fully saturated rings. The average Bonchev–Trinajstić information content (AvgIpc) is 2.21. The molecule has 1 unspecified atom stereocenters. The SMILES string of the molecule is CCC(C)N(C)C(=O)NCCCC(=O)O. The number of hydrogen-bond donors (Lipinski definition) is 2. The summed E-state index contributed by atoms with van der Waals surface area (Å²) in [6, 6.07) is 0.0548. The lowest BCUT2D eigenvalue weighted by Crippen LogP contribution is -2.42. The average molecular weight is 216 g/mol. The van der Waals surface area contributed by atoms with Crippen molar-refractivity contribution in [3.63, 3.8) is 0 Å². The first kappa shape index (κ1) is 13.7. The van der Waals surface area contributed by atoms with Crippen molar-refractivity contribution in [3.8, 4) is 0 Å². The number of carboxylic acids is 1. The second-order valence-corrected chi connectivity index (χ2v) is 3.60. The maximum Gasteiger partial charge on any atom is 0.317 e. The van der Waals surface area contributed by atoms with Crippen LogP contribution >= 0.6 is 0 Å². The van der Waals surface area contributed by atoms with Crippen molar-refractivity contribution < 1.29 is 14.7 Å². The van der Waals surface area contributed by atoms with Gasteiger partial charge in [-0.3, -0.25) is 4.79 Å². The standard InChI is InChI=1S/C10H20N2O3/c1-4-8(2)12(3)10(15)11-7-5-6-9(13)14/h8H,4-7H2,1-3H3,(H,11,15)(H,13,14). The Bertz CT molecular complexity index is 219. The van der Waals surface area contributed by atoms with Crippen molar-refractivity contribution in [2.24, 2.45) is 0 Å². The number of urea groups is 1. The molecular formula is C10H20N2O3. The predicted octanol–water partition coefficient (Wildman–Crippen LogP) is 1.29. The van der Waals surface area contributed by atoms with Crippen molar-refractivity contribution in [1.82, 2.24) is 10.2 Å². The van der Waals surface area contributed by atoms with Gasteiger partial charge in [0, 0.05) is 26.1 Å². The number of rotatable bonds is 6. The summed E-state index contributed by atoms with van der Waals surface area (Å²) in [6.07, 6.45) is 1.46. The van der Waals surface area contributed by atoms with Crippen molar-refractivity contribution in [2.45, 2.75) is 39.2 Å². The maximum atomic E-state index is 11.5. The molecule has 0 radical (unpaired) electrons. The molecular weight excluding hydrogens is 196 g/mol. The van der Waals surface area contributed by atoms with Gasteiger partial charge < -0.3 is 15.3 Å². The van der Waals surface area contributed by atoms with Crippen LogP contribution in [0.15, 0.2) is 0 Å². The number of carbonyl (C=O) groups is 2. The Kier molecular flexibility index (Phi) is 6.49. The van der Waals surface area contributed by atoms with Gasteiger partial charge in [0.05, 0.1) is 0 Å². The fourth-order valence-corrected chi connectivity index (χ4v) is 1.03. The summed E-state index contributed by atoms with van der Waals surface area (Å²) in [5, 5.41) is 11.1. The van der Waals surface area contributed by atoms with Gasteiger partial charge in [-0.15, -0.1) is 0 Å². The fraction of sp³-hybridized carbons (Fsp3) is 0.800. The van der Waals surface area contributed by atoms with E-state index in [0.717, 1.165) is 6.42 Å². The Balaban J connectivity index is 3.69. The normalized spacial score (nSPS) is 11.9. The van der Waals surface area contributed by atoms with Gasteiger partial charge >= 0.3 is 12.0 Å². The summed E-state index contributed by atoms with van der Waals surface area (Å²) in [6.45, 7) is 4.39. The van der Waals surface area contributed by atoms with Crippen molar-refractivity contribution in [1.29, 1.82) is 0 Å². The van der Waals surface area contributed by atoms with Crippen LogP contribution < -0.4 is 5.32 Å². The van der Waals surface area contributed by atoms with Gasteiger partial charge in [-0.2, -0.15) is 0 Å². The van der Waals surface area contributed by atoms with E-state index in [9.17, 15) is 9.59 Å². The molecule has 0 rings (SSSR count). The first-order valence-electron chi connectivity index (χ1n) is 5.21. The van der Waals surface area contributed by atoms with Crippen LogP contribution in [0, 0.1) is 0 Å². The third kappa shape index (κ3) is 5.93. The van der Waals surface area contributed by atoms with E-state index in [0.29, 0.717) is 13.0 Å². The molecule has 0 saturated carbocycles. The first-order valence-corrected chi connectivity index (χ1v) is 5.21. The van der Waals surface area contributed by atoms with Crippen LogP contribution in [0.1, 0.15) is 33.1 Å². The van der Waals surface area contributed by atoms with E-state index in [-0.39, 0.29) is 18.5 Å². The number of carboxylic acid groups (broad SMARTS) is 1. The smallest absolute Gasteiger partial charge is 0.317 e. The van der Waals surface area contributed by atoms with E-state index in [1.54, 1.807) is 11.9 Å². The summed E-state index contributed by atoms with van der Waals surface area (Å²) >= 11 is 0. The molecule has 0 saturated heterocycles. The highest BCUT2D eigenvalue weighted by atomic mass is 16.4. The third-order valence-electron chi connectivity index (χ3n) is 2.42. The van der Waals surface area contributed by atoms with Crippen LogP contribution in [-0.4, -0.2) is 41.6 Å². The lowest BCUT2D eigenvalue weighted by molar-refractivity contribution is -0.137. The summed E-state index contributed by atoms with van der Waals surface area (Å²) in [5.74, 6) is -0.834. The lowest BCUT2D eigenvalue weighted by atomic mass is 10.2. The van der Waals surface area contributed by atoms with Gasteiger partial charge in [0.2, 0.25) is 0 Å². The second kappa shape index (κ2) is 7.09. The minimum Gasteiger partial charge on any atom is -0.481 e. The molecule has 0 bridgehead atoms. The first-order chi connectivity index (χ1) is 6.99. The summed E-state index contributed by atoms with van der Waals surface area (Å²) < 4.78 is 0. The van der Waals surface area contributed by atoms with Crippen LogP contribution in [0.4, 0.5) is 4.79 Å². The molecule has 0 aromatic carbocycles. The van der Waals surface area contributed by atoms with Gasteiger partial charge in [0.25, 0.3) is 0 Å². The molecule has 5 nitrogen and oxygen atoms in total. The van der Waals surface area contributed by atoms with Crippen LogP contribution in [-0.2, 0) is 4.79 Å². The quantitative estimate of drug-likeness (QED) is 0.657. The van der Waals surface area contributed by atoms with Crippen LogP contribution in [0.3, 0.4) is 0 Å². The van der Waals surface area contributed by atoms with Crippen molar-refractivity contribution >= 4 is 12.0 Å². The molecule has 0 heterocycles. The number of aliphatic carboxylic acids is 1. The summed E-state index contributed by atoms with van der Waals surface area (Å²) in [7, 11) is 1.74. The second-order valence-electron chi connectivity index (χ2n) is 3.60. The highest BCUT2D eigenvalue weighted by Gasteiger charge is 2.12. The molecule has 0 spiro atoms. The van der Waals surface area contributed by atoms with E-state index in [2.05, 4.69) is 5.32 Å². The van der Waals surface area contributed by atoms with Gasteiger partial charge in [0.1, 0.15) is 0 Å². The minimum atomic E-state index is -0.834. The van der Waals surface area contributed by atoms with Gasteiger partial charge in [-0.1, -0.05) is 6.92 Å². The molecule has 1 atom stereocenters. The molecule has 2 N–H and O–H groups in total. The van der Waals surface area contributed by atoms with Crippen LogP contribution in [0.25, 0.3) is 0 Å².